The van der Waals surface area contributed by atoms with E-state index < -0.39 is 0 Å². The summed E-state index contributed by atoms with van der Waals surface area (Å²) >= 11 is 13.6. The molecule has 3 nitrogen and oxygen atoms in total. The molecule has 0 bridgehead atoms. The van der Waals surface area contributed by atoms with Gasteiger partial charge in [0, 0.05) is 28.0 Å². The Hall–Kier alpha value is -1.07. The summed E-state index contributed by atoms with van der Waals surface area (Å²) in [5.74, 6) is -0.0277. The number of thiophene rings is 1. The molecule has 1 amide bonds. The third-order valence-electron chi connectivity index (χ3n) is 2.91. The molecular formula is C15H16Cl2N2OS. The second kappa shape index (κ2) is 7.80. The SMILES string of the molecule is CN(CC(=O)NCc1ccc(Cl)cc1Cl)Cc1cccs1. The molecule has 1 aromatic heterocycles. The lowest BCUT2D eigenvalue weighted by molar-refractivity contribution is -0.122. The molecule has 0 aliphatic rings. The van der Waals surface area contributed by atoms with Crippen molar-refractivity contribution in [2.24, 2.45) is 0 Å². The zero-order valence-electron chi connectivity index (χ0n) is 11.6. The van der Waals surface area contributed by atoms with Crippen LogP contribution in [0.1, 0.15) is 10.4 Å². The summed E-state index contributed by atoms with van der Waals surface area (Å²) < 4.78 is 0. The van der Waals surface area contributed by atoms with Gasteiger partial charge in [-0.2, -0.15) is 0 Å². The largest absolute Gasteiger partial charge is 0.351 e. The van der Waals surface area contributed by atoms with E-state index in [2.05, 4.69) is 11.4 Å². The maximum atomic E-state index is 11.9. The van der Waals surface area contributed by atoms with Gasteiger partial charge in [0.2, 0.25) is 5.91 Å². The summed E-state index contributed by atoms with van der Waals surface area (Å²) in [4.78, 5) is 15.1. The maximum Gasteiger partial charge on any atom is 0.234 e. The van der Waals surface area contributed by atoms with Crippen LogP contribution in [0.4, 0.5) is 0 Å². The molecule has 1 heterocycles. The highest BCUT2D eigenvalue weighted by atomic mass is 35.5. The molecular weight excluding hydrogens is 327 g/mol. The molecule has 1 aromatic carbocycles. The van der Waals surface area contributed by atoms with E-state index in [1.807, 2.05) is 29.5 Å². The Balaban J connectivity index is 1.79. The first-order chi connectivity index (χ1) is 10.0. The summed E-state index contributed by atoms with van der Waals surface area (Å²) in [6, 6.07) is 9.33. The number of nitrogens with zero attached hydrogens (tertiary/aromatic N) is 1. The fraction of sp³-hybridized carbons (Fsp3) is 0.267. The number of rotatable bonds is 6. The van der Waals surface area contributed by atoms with Gasteiger partial charge in [0.1, 0.15) is 0 Å². The normalized spacial score (nSPS) is 10.9. The number of amides is 1. The van der Waals surface area contributed by atoms with Gasteiger partial charge in [-0.25, -0.2) is 0 Å². The number of carbonyl (C=O) groups excluding carboxylic acids is 1. The average molecular weight is 343 g/mol. The molecule has 0 aliphatic heterocycles. The van der Waals surface area contributed by atoms with E-state index in [-0.39, 0.29) is 5.91 Å². The predicted octanol–water partition coefficient (Wildman–Crippen LogP) is 3.80. The van der Waals surface area contributed by atoms with Crippen LogP contribution in [0, 0.1) is 0 Å². The molecule has 0 fully saturated rings. The number of benzene rings is 1. The highest BCUT2D eigenvalue weighted by Gasteiger charge is 2.08. The number of nitrogens with one attached hydrogen (secondary N) is 1. The van der Waals surface area contributed by atoms with Crippen molar-refractivity contribution in [2.75, 3.05) is 13.6 Å². The topological polar surface area (TPSA) is 32.3 Å². The molecule has 21 heavy (non-hydrogen) atoms. The van der Waals surface area contributed by atoms with Crippen molar-refractivity contribution in [2.45, 2.75) is 13.1 Å². The number of hydrogen-bond acceptors (Lipinski definition) is 3. The summed E-state index contributed by atoms with van der Waals surface area (Å²) in [5, 5.41) is 6.05. The minimum absolute atomic E-state index is 0.0277. The zero-order chi connectivity index (χ0) is 15.2. The Morgan fingerprint density at radius 1 is 1.33 bits per heavy atom. The highest BCUT2D eigenvalue weighted by Crippen LogP contribution is 2.20. The van der Waals surface area contributed by atoms with Crippen LogP contribution < -0.4 is 5.32 Å². The van der Waals surface area contributed by atoms with Crippen molar-refractivity contribution in [3.05, 3.63) is 56.2 Å². The van der Waals surface area contributed by atoms with Gasteiger partial charge in [-0.05, 0) is 36.2 Å². The summed E-state index contributed by atoms with van der Waals surface area (Å²) in [6.45, 7) is 1.53. The van der Waals surface area contributed by atoms with E-state index in [0.29, 0.717) is 23.1 Å². The van der Waals surface area contributed by atoms with Crippen LogP contribution in [0.25, 0.3) is 0 Å². The second-order valence-corrected chi connectivity index (χ2v) is 6.64. The zero-order valence-corrected chi connectivity index (χ0v) is 13.9. The van der Waals surface area contributed by atoms with Gasteiger partial charge < -0.3 is 5.32 Å². The van der Waals surface area contributed by atoms with E-state index in [1.54, 1.807) is 23.5 Å². The van der Waals surface area contributed by atoms with Gasteiger partial charge in [0.05, 0.1) is 6.54 Å². The molecule has 0 saturated carbocycles. The van der Waals surface area contributed by atoms with Gasteiger partial charge in [-0.3, -0.25) is 9.69 Å². The fourth-order valence-corrected chi connectivity index (χ4v) is 3.14. The molecule has 1 N–H and O–H groups in total. The molecule has 0 atom stereocenters. The molecule has 0 radical (unpaired) electrons. The minimum Gasteiger partial charge on any atom is -0.351 e. The van der Waals surface area contributed by atoms with Crippen molar-refractivity contribution in [1.29, 1.82) is 0 Å². The predicted molar refractivity (Wildman–Crippen MR) is 89.0 cm³/mol. The molecule has 0 saturated heterocycles. The van der Waals surface area contributed by atoms with E-state index >= 15 is 0 Å². The molecule has 2 rings (SSSR count). The lowest BCUT2D eigenvalue weighted by Gasteiger charge is -2.15. The lowest BCUT2D eigenvalue weighted by atomic mass is 10.2. The monoisotopic (exact) mass is 342 g/mol. The van der Waals surface area contributed by atoms with Crippen molar-refractivity contribution in [1.82, 2.24) is 10.2 Å². The average Bonchev–Trinajstić information content (AvgIpc) is 2.90. The van der Waals surface area contributed by atoms with Crippen LogP contribution in [0.2, 0.25) is 10.0 Å². The first kappa shape index (κ1) is 16.3. The first-order valence-electron chi connectivity index (χ1n) is 6.46. The van der Waals surface area contributed by atoms with Crippen molar-refractivity contribution in [3.63, 3.8) is 0 Å². The molecule has 0 spiro atoms. The lowest BCUT2D eigenvalue weighted by Crippen LogP contribution is -2.34. The Morgan fingerprint density at radius 3 is 2.81 bits per heavy atom. The van der Waals surface area contributed by atoms with Gasteiger partial charge in [0.15, 0.2) is 0 Å². The molecule has 112 valence electrons. The van der Waals surface area contributed by atoms with Crippen molar-refractivity contribution in [3.8, 4) is 0 Å². The minimum atomic E-state index is -0.0277. The van der Waals surface area contributed by atoms with E-state index in [1.165, 1.54) is 4.88 Å². The van der Waals surface area contributed by atoms with E-state index in [4.69, 9.17) is 23.2 Å². The number of hydrogen-bond donors (Lipinski definition) is 1. The second-order valence-electron chi connectivity index (χ2n) is 4.76. The van der Waals surface area contributed by atoms with Gasteiger partial charge in [0.25, 0.3) is 0 Å². The first-order valence-corrected chi connectivity index (χ1v) is 8.09. The summed E-state index contributed by atoms with van der Waals surface area (Å²) in [7, 11) is 1.93. The van der Waals surface area contributed by atoms with Crippen LogP contribution >= 0.6 is 34.5 Å². The summed E-state index contributed by atoms with van der Waals surface area (Å²) in [6.07, 6.45) is 0. The maximum absolute atomic E-state index is 11.9. The number of halogens is 2. The molecule has 0 aliphatic carbocycles. The molecule has 2 aromatic rings. The van der Waals surface area contributed by atoms with Crippen LogP contribution in [-0.2, 0) is 17.9 Å². The Labute approximate surface area is 138 Å². The van der Waals surface area contributed by atoms with Gasteiger partial charge in [-0.1, -0.05) is 35.3 Å². The van der Waals surface area contributed by atoms with Crippen LogP contribution in [0.15, 0.2) is 35.7 Å². The van der Waals surface area contributed by atoms with Crippen molar-refractivity contribution >= 4 is 40.4 Å². The number of carbonyl (C=O) groups is 1. The van der Waals surface area contributed by atoms with E-state index in [0.717, 1.165) is 12.1 Å². The standard InChI is InChI=1S/C15H16Cl2N2OS/c1-19(9-13-3-2-6-21-13)10-15(20)18-8-11-4-5-12(16)7-14(11)17/h2-7H,8-10H2,1H3,(H,18,20). The quantitative estimate of drug-likeness (QED) is 0.865. The third-order valence-corrected chi connectivity index (χ3v) is 4.36. The Kier molecular flexibility index (Phi) is 6.06. The number of likely N-dealkylation sites (N-methyl/N-ethyl adjacent to an activating group) is 1. The van der Waals surface area contributed by atoms with E-state index in [9.17, 15) is 4.79 Å². The smallest absolute Gasteiger partial charge is 0.234 e. The Bertz CT molecular complexity index is 602. The summed E-state index contributed by atoms with van der Waals surface area (Å²) in [5.41, 5.74) is 0.857. The van der Waals surface area contributed by atoms with Crippen molar-refractivity contribution < 1.29 is 4.79 Å². The third kappa shape index (κ3) is 5.32. The molecule has 6 heteroatoms. The van der Waals surface area contributed by atoms with Gasteiger partial charge >= 0.3 is 0 Å². The van der Waals surface area contributed by atoms with Crippen LogP contribution in [0.3, 0.4) is 0 Å². The van der Waals surface area contributed by atoms with Gasteiger partial charge in [-0.15, -0.1) is 11.3 Å². The Morgan fingerprint density at radius 2 is 2.14 bits per heavy atom. The fourth-order valence-electron chi connectivity index (χ4n) is 1.88. The molecule has 0 unspecified atom stereocenters. The van der Waals surface area contributed by atoms with Crippen LogP contribution in [0.5, 0.6) is 0 Å². The van der Waals surface area contributed by atoms with Crippen LogP contribution in [-0.4, -0.2) is 24.4 Å². The highest BCUT2D eigenvalue weighted by molar-refractivity contribution is 7.09.